The van der Waals surface area contributed by atoms with Gasteiger partial charge in [0.1, 0.15) is 5.52 Å². The summed E-state index contributed by atoms with van der Waals surface area (Å²) >= 11 is 1.65. The van der Waals surface area contributed by atoms with Crippen LogP contribution in [0.2, 0.25) is 0 Å². The van der Waals surface area contributed by atoms with Gasteiger partial charge in [0.05, 0.1) is 22.6 Å². The molecule has 0 unspecified atom stereocenters. The van der Waals surface area contributed by atoms with Crippen molar-refractivity contribution in [2.24, 2.45) is 0 Å². The van der Waals surface area contributed by atoms with Crippen LogP contribution in [0.3, 0.4) is 0 Å². The Kier molecular flexibility index (Phi) is 4.25. The predicted molar refractivity (Wildman–Crippen MR) is 98.0 cm³/mol. The minimum atomic E-state index is -0.115. The second-order valence-electron chi connectivity index (χ2n) is 6.78. The van der Waals surface area contributed by atoms with Crippen molar-refractivity contribution in [1.82, 2.24) is 24.8 Å². The van der Waals surface area contributed by atoms with Gasteiger partial charge in [-0.05, 0) is 24.8 Å². The highest BCUT2D eigenvalue weighted by Gasteiger charge is 2.25. The van der Waals surface area contributed by atoms with Gasteiger partial charge in [0.2, 0.25) is 0 Å². The Labute approximate surface area is 150 Å². The van der Waals surface area contributed by atoms with Crippen LogP contribution in [0.15, 0.2) is 24.0 Å². The van der Waals surface area contributed by atoms with E-state index in [-0.39, 0.29) is 5.91 Å². The van der Waals surface area contributed by atoms with E-state index >= 15 is 0 Å². The predicted octanol–water partition coefficient (Wildman–Crippen LogP) is 3.32. The molecule has 6 nitrogen and oxygen atoms in total. The molecule has 1 saturated carbocycles. The Morgan fingerprint density at radius 3 is 2.96 bits per heavy atom. The molecule has 0 aromatic carbocycles. The van der Waals surface area contributed by atoms with E-state index in [4.69, 9.17) is 0 Å². The molecule has 0 spiro atoms. The molecule has 3 aromatic heterocycles. The molecule has 4 rings (SSSR count). The van der Waals surface area contributed by atoms with Crippen LogP contribution in [0.4, 0.5) is 0 Å². The van der Waals surface area contributed by atoms with Gasteiger partial charge in [0.25, 0.3) is 5.91 Å². The molecule has 3 aromatic rings. The van der Waals surface area contributed by atoms with Crippen molar-refractivity contribution in [2.45, 2.75) is 45.1 Å². The number of aromatic nitrogens is 4. The number of nitrogens with zero attached hydrogens (tertiary/aromatic N) is 4. The lowest BCUT2D eigenvalue weighted by Crippen LogP contribution is -2.25. The average molecular weight is 355 g/mol. The zero-order valence-electron chi connectivity index (χ0n) is 14.4. The first-order chi connectivity index (χ1) is 12.1. The van der Waals surface area contributed by atoms with Crippen molar-refractivity contribution in [3.63, 3.8) is 0 Å². The molecule has 1 aliphatic rings. The van der Waals surface area contributed by atoms with Crippen LogP contribution in [0.25, 0.3) is 11.2 Å². The van der Waals surface area contributed by atoms with Crippen molar-refractivity contribution in [3.05, 3.63) is 40.2 Å². The average Bonchev–Trinajstić information content (AvgIpc) is 3.18. The zero-order valence-corrected chi connectivity index (χ0v) is 15.2. The Morgan fingerprint density at radius 2 is 2.24 bits per heavy atom. The van der Waals surface area contributed by atoms with Gasteiger partial charge in [-0.2, -0.15) is 0 Å². The third kappa shape index (κ3) is 3.42. The number of imidazole rings is 1. The van der Waals surface area contributed by atoms with Crippen LogP contribution < -0.4 is 5.32 Å². The number of carbonyl (C=O) groups excluding carboxylic acids is 1. The monoisotopic (exact) mass is 355 g/mol. The van der Waals surface area contributed by atoms with E-state index in [0.717, 1.165) is 28.3 Å². The van der Waals surface area contributed by atoms with E-state index in [1.165, 1.54) is 12.8 Å². The van der Waals surface area contributed by atoms with Gasteiger partial charge in [0.15, 0.2) is 5.65 Å². The molecule has 7 heteroatoms. The maximum Gasteiger partial charge on any atom is 0.252 e. The highest BCUT2D eigenvalue weighted by atomic mass is 32.1. The summed E-state index contributed by atoms with van der Waals surface area (Å²) in [7, 11) is 0. The van der Waals surface area contributed by atoms with Gasteiger partial charge < -0.3 is 9.88 Å². The van der Waals surface area contributed by atoms with Crippen molar-refractivity contribution in [2.75, 3.05) is 6.54 Å². The third-order valence-electron chi connectivity index (χ3n) is 4.40. The molecule has 25 heavy (non-hydrogen) atoms. The van der Waals surface area contributed by atoms with Crippen molar-refractivity contribution in [3.8, 4) is 0 Å². The number of hydrogen-bond acceptors (Lipinski definition) is 5. The fraction of sp³-hybridized carbons (Fsp3) is 0.444. The van der Waals surface area contributed by atoms with E-state index in [9.17, 15) is 4.79 Å². The molecule has 130 valence electrons. The van der Waals surface area contributed by atoms with Crippen LogP contribution in [-0.2, 0) is 6.42 Å². The summed E-state index contributed by atoms with van der Waals surface area (Å²) in [6, 6.07) is 2.35. The van der Waals surface area contributed by atoms with Crippen LogP contribution in [0.1, 0.15) is 59.7 Å². The SMILES string of the molecule is CC(C)c1csc(CCNC(=O)c2cnc3c(c2)ncn3C2CC2)n1. The van der Waals surface area contributed by atoms with Gasteiger partial charge >= 0.3 is 0 Å². The summed E-state index contributed by atoms with van der Waals surface area (Å²) in [5.74, 6) is 0.323. The molecule has 1 amide bonds. The molecule has 0 bridgehead atoms. The Bertz CT molecular complexity index is 909. The summed E-state index contributed by atoms with van der Waals surface area (Å²) in [6.45, 7) is 4.83. The highest BCUT2D eigenvalue weighted by Crippen LogP contribution is 2.36. The Morgan fingerprint density at radius 1 is 1.40 bits per heavy atom. The fourth-order valence-electron chi connectivity index (χ4n) is 2.75. The minimum Gasteiger partial charge on any atom is -0.352 e. The molecule has 0 saturated heterocycles. The number of nitrogens with one attached hydrogen (secondary N) is 1. The summed E-state index contributed by atoms with van der Waals surface area (Å²) in [6.07, 6.45) is 6.58. The molecular weight excluding hydrogens is 334 g/mol. The maximum absolute atomic E-state index is 12.3. The van der Waals surface area contributed by atoms with Crippen LogP contribution in [0, 0.1) is 0 Å². The minimum absolute atomic E-state index is 0.115. The normalized spacial score (nSPS) is 14.4. The smallest absolute Gasteiger partial charge is 0.252 e. The second kappa shape index (κ2) is 6.55. The van der Waals surface area contributed by atoms with E-state index in [2.05, 4.69) is 44.1 Å². The second-order valence-corrected chi connectivity index (χ2v) is 7.72. The first kappa shape index (κ1) is 16.2. The molecule has 1 fully saturated rings. The number of amides is 1. The lowest BCUT2D eigenvalue weighted by molar-refractivity contribution is 0.0954. The first-order valence-corrected chi connectivity index (χ1v) is 9.55. The lowest BCUT2D eigenvalue weighted by Gasteiger charge is -2.05. The van der Waals surface area contributed by atoms with Crippen molar-refractivity contribution in [1.29, 1.82) is 0 Å². The van der Waals surface area contributed by atoms with E-state index in [1.807, 2.05) is 12.4 Å². The van der Waals surface area contributed by atoms with Gasteiger partial charge in [0, 0.05) is 30.6 Å². The Hall–Kier alpha value is -2.28. The topological polar surface area (TPSA) is 72.7 Å². The van der Waals surface area contributed by atoms with Crippen LogP contribution in [0.5, 0.6) is 0 Å². The number of fused-ring (bicyclic) bond motifs is 1. The van der Waals surface area contributed by atoms with Gasteiger partial charge in [-0.3, -0.25) is 4.79 Å². The summed E-state index contributed by atoms with van der Waals surface area (Å²) in [4.78, 5) is 25.8. The van der Waals surface area contributed by atoms with Gasteiger partial charge in [-0.15, -0.1) is 11.3 Å². The molecule has 0 atom stereocenters. The van der Waals surface area contributed by atoms with Gasteiger partial charge in [-0.1, -0.05) is 13.8 Å². The fourth-order valence-corrected chi connectivity index (χ4v) is 3.71. The maximum atomic E-state index is 12.3. The number of thiazole rings is 1. The van der Waals surface area contributed by atoms with Crippen LogP contribution >= 0.6 is 11.3 Å². The number of pyridine rings is 1. The molecular formula is C18H21N5OS. The van der Waals surface area contributed by atoms with E-state index in [1.54, 1.807) is 17.5 Å². The summed E-state index contributed by atoms with van der Waals surface area (Å²) < 4.78 is 2.10. The van der Waals surface area contributed by atoms with E-state index in [0.29, 0.717) is 24.1 Å². The molecule has 3 heterocycles. The first-order valence-electron chi connectivity index (χ1n) is 8.67. The molecule has 0 aliphatic heterocycles. The standard InChI is InChI=1S/C18H21N5OS/c1-11(2)15-9-25-16(22-15)5-6-19-18(24)12-7-14-17(20-8-12)23(10-21-14)13-3-4-13/h7-11,13H,3-6H2,1-2H3,(H,19,24). The third-order valence-corrected chi connectivity index (χ3v) is 5.33. The van der Waals surface area contributed by atoms with Gasteiger partial charge in [-0.25, -0.2) is 15.0 Å². The van der Waals surface area contributed by atoms with Crippen LogP contribution in [-0.4, -0.2) is 32.0 Å². The highest BCUT2D eigenvalue weighted by molar-refractivity contribution is 7.09. The largest absolute Gasteiger partial charge is 0.352 e. The zero-order chi connectivity index (χ0) is 17.4. The number of rotatable bonds is 6. The van der Waals surface area contributed by atoms with E-state index < -0.39 is 0 Å². The quantitative estimate of drug-likeness (QED) is 0.736. The Balaban J connectivity index is 1.38. The summed E-state index contributed by atoms with van der Waals surface area (Å²) in [5.41, 5.74) is 3.31. The molecule has 1 N–H and O–H groups in total. The van der Waals surface area contributed by atoms with Crippen molar-refractivity contribution >= 4 is 28.4 Å². The van der Waals surface area contributed by atoms with Crippen molar-refractivity contribution < 1.29 is 4.79 Å². The molecule has 0 radical (unpaired) electrons. The number of carbonyl (C=O) groups is 1. The lowest BCUT2D eigenvalue weighted by atomic mass is 10.2. The summed E-state index contributed by atoms with van der Waals surface area (Å²) in [5, 5.41) is 6.10. The number of hydrogen-bond donors (Lipinski definition) is 1. The molecule has 1 aliphatic carbocycles.